The summed E-state index contributed by atoms with van der Waals surface area (Å²) in [4.78, 5) is 15.3. The number of carbonyl (C=O) groups excluding carboxylic acids is 1. The number of benzene rings is 1. The summed E-state index contributed by atoms with van der Waals surface area (Å²) in [6.07, 6.45) is 0. The van der Waals surface area contributed by atoms with E-state index in [-0.39, 0.29) is 12.5 Å². The van der Waals surface area contributed by atoms with Crippen molar-refractivity contribution in [2.45, 2.75) is 6.54 Å². The number of fused-ring (bicyclic) bond motifs is 1. The molecule has 0 N–H and O–H groups in total. The zero-order chi connectivity index (χ0) is 13.1. The normalized spacial score (nSPS) is 14.7. The summed E-state index contributed by atoms with van der Waals surface area (Å²) in [7, 11) is 3.79. The van der Waals surface area contributed by atoms with Gasteiger partial charge < -0.3 is 14.5 Å². The van der Waals surface area contributed by atoms with Crippen molar-refractivity contribution in [1.82, 2.24) is 4.90 Å². The molecule has 1 aromatic rings. The molecule has 18 heavy (non-hydrogen) atoms. The molecule has 2 rings (SSSR count). The summed E-state index contributed by atoms with van der Waals surface area (Å²) >= 11 is 5.71. The van der Waals surface area contributed by atoms with Crippen LogP contribution in [0.4, 0.5) is 5.69 Å². The summed E-state index contributed by atoms with van der Waals surface area (Å²) in [6, 6.07) is 5.94. The Morgan fingerprint density at radius 1 is 1.50 bits per heavy atom. The van der Waals surface area contributed by atoms with Crippen molar-refractivity contribution < 1.29 is 9.53 Å². The highest BCUT2D eigenvalue weighted by Gasteiger charge is 2.22. The van der Waals surface area contributed by atoms with Crippen LogP contribution < -0.4 is 9.64 Å². The molecular weight excluding hydrogens is 252 g/mol. The molecule has 1 aromatic carbocycles. The number of carbonyl (C=O) groups is 1. The second-order valence-corrected chi connectivity index (χ2v) is 4.85. The van der Waals surface area contributed by atoms with Crippen LogP contribution in [0.5, 0.6) is 5.75 Å². The lowest BCUT2D eigenvalue weighted by Crippen LogP contribution is -2.35. The van der Waals surface area contributed by atoms with Gasteiger partial charge in [0.2, 0.25) is 0 Å². The third-order valence-electron chi connectivity index (χ3n) is 3.03. The van der Waals surface area contributed by atoms with E-state index in [9.17, 15) is 4.79 Å². The molecule has 0 saturated heterocycles. The summed E-state index contributed by atoms with van der Waals surface area (Å²) in [6.45, 7) is 1.76. The minimum absolute atomic E-state index is 0.0197. The van der Waals surface area contributed by atoms with Crippen LogP contribution >= 0.6 is 11.6 Å². The number of anilines is 1. The molecule has 0 bridgehead atoms. The smallest absolute Gasteiger partial charge is 0.264 e. The number of halogens is 1. The van der Waals surface area contributed by atoms with Crippen LogP contribution in [0.3, 0.4) is 0 Å². The lowest BCUT2D eigenvalue weighted by atomic mass is 10.1. The minimum Gasteiger partial charge on any atom is -0.482 e. The molecule has 0 aromatic heterocycles. The van der Waals surface area contributed by atoms with E-state index in [2.05, 4.69) is 4.90 Å². The van der Waals surface area contributed by atoms with Crippen LogP contribution in [0.2, 0.25) is 0 Å². The number of likely N-dealkylation sites (N-methyl/N-ethyl adjacent to an activating group) is 1. The molecule has 5 heteroatoms. The van der Waals surface area contributed by atoms with Crippen LogP contribution in [0.1, 0.15) is 5.56 Å². The highest BCUT2D eigenvalue weighted by Crippen LogP contribution is 2.32. The first-order valence-electron chi connectivity index (χ1n) is 5.88. The average Bonchev–Trinajstić information content (AvgIpc) is 2.35. The van der Waals surface area contributed by atoms with Crippen LogP contribution in [0.25, 0.3) is 0 Å². The molecule has 0 saturated carbocycles. The van der Waals surface area contributed by atoms with E-state index in [0.717, 1.165) is 30.1 Å². The van der Waals surface area contributed by atoms with Gasteiger partial charge in [-0.1, -0.05) is 6.07 Å². The van der Waals surface area contributed by atoms with E-state index >= 15 is 0 Å². The Morgan fingerprint density at radius 3 is 3.00 bits per heavy atom. The lowest BCUT2D eigenvalue weighted by molar-refractivity contribution is -0.120. The monoisotopic (exact) mass is 268 g/mol. The van der Waals surface area contributed by atoms with Crippen molar-refractivity contribution in [2.75, 3.05) is 38.0 Å². The first-order valence-corrected chi connectivity index (χ1v) is 6.42. The maximum absolute atomic E-state index is 11.6. The van der Waals surface area contributed by atoms with Gasteiger partial charge in [-0.15, -0.1) is 11.6 Å². The zero-order valence-electron chi connectivity index (χ0n) is 10.6. The first-order chi connectivity index (χ1) is 8.61. The van der Waals surface area contributed by atoms with Gasteiger partial charge in [0.05, 0.1) is 5.69 Å². The molecule has 0 spiro atoms. The van der Waals surface area contributed by atoms with Gasteiger partial charge in [0.15, 0.2) is 6.61 Å². The molecule has 1 aliphatic heterocycles. The predicted molar refractivity (Wildman–Crippen MR) is 72.4 cm³/mol. The SMILES string of the molecule is CN(CCCl)Cc1ccc2c(c1)N(C)C(=O)CO2. The first kappa shape index (κ1) is 13.2. The van der Waals surface area contributed by atoms with Crippen molar-refractivity contribution in [3.8, 4) is 5.75 Å². The second kappa shape index (κ2) is 5.59. The molecule has 0 atom stereocenters. The van der Waals surface area contributed by atoms with Crippen molar-refractivity contribution in [1.29, 1.82) is 0 Å². The fourth-order valence-electron chi connectivity index (χ4n) is 1.95. The van der Waals surface area contributed by atoms with Crippen LogP contribution in [0, 0.1) is 0 Å². The summed E-state index contributed by atoms with van der Waals surface area (Å²) in [5.74, 6) is 1.36. The van der Waals surface area contributed by atoms with Crippen LogP contribution in [-0.2, 0) is 11.3 Å². The summed E-state index contributed by atoms with van der Waals surface area (Å²) in [5, 5.41) is 0. The Hall–Kier alpha value is -1.26. The molecule has 4 nitrogen and oxygen atoms in total. The van der Waals surface area contributed by atoms with Crippen LogP contribution in [-0.4, -0.2) is 43.9 Å². The molecule has 0 fully saturated rings. The van der Waals surface area contributed by atoms with E-state index in [0.29, 0.717) is 5.88 Å². The van der Waals surface area contributed by atoms with Crippen molar-refractivity contribution in [2.24, 2.45) is 0 Å². The number of alkyl halides is 1. The molecule has 98 valence electrons. The summed E-state index contributed by atoms with van der Waals surface area (Å²) in [5.41, 5.74) is 1.98. The fraction of sp³-hybridized carbons (Fsp3) is 0.462. The van der Waals surface area contributed by atoms with Gasteiger partial charge in [-0.3, -0.25) is 4.79 Å². The highest BCUT2D eigenvalue weighted by atomic mass is 35.5. The average molecular weight is 269 g/mol. The molecular formula is C13H17ClN2O2. The standard InChI is InChI=1S/C13H17ClN2O2/c1-15(6-5-14)8-10-3-4-12-11(7-10)16(2)13(17)9-18-12/h3-4,7H,5-6,8-9H2,1-2H3. The number of nitrogens with zero attached hydrogens (tertiary/aromatic N) is 2. The second-order valence-electron chi connectivity index (χ2n) is 4.47. The maximum atomic E-state index is 11.6. The van der Waals surface area contributed by atoms with E-state index < -0.39 is 0 Å². The Kier molecular flexibility index (Phi) is 4.09. The van der Waals surface area contributed by atoms with E-state index in [1.54, 1.807) is 11.9 Å². The van der Waals surface area contributed by atoms with Gasteiger partial charge in [0, 0.05) is 26.0 Å². The van der Waals surface area contributed by atoms with Crippen molar-refractivity contribution >= 4 is 23.2 Å². The van der Waals surface area contributed by atoms with Gasteiger partial charge in [-0.25, -0.2) is 0 Å². The van der Waals surface area contributed by atoms with Gasteiger partial charge in [0.25, 0.3) is 5.91 Å². The number of amides is 1. The van der Waals surface area contributed by atoms with Crippen molar-refractivity contribution in [3.63, 3.8) is 0 Å². The van der Waals surface area contributed by atoms with E-state index in [4.69, 9.17) is 16.3 Å². The predicted octanol–water partition coefficient (Wildman–Crippen LogP) is 1.71. The zero-order valence-corrected chi connectivity index (χ0v) is 11.4. The number of hydrogen-bond donors (Lipinski definition) is 0. The molecule has 0 radical (unpaired) electrons. The Bertz CT molecular complexity index is 451. The molecule has 1 heterocycles. The van der Waals surface area contributed by atoms with E-state index in [1.165, 1.54) is 0 Å². The van der Waals surface area contributed by atoms with E-state index in [1.807, 2.05) is 25.2 Å². The molecule has 1 amide bonds. The quantitative estimate of drug-likeness (QED) is 0.780. The minimum atomic E-state index is -0.0197. The largest absolute Gasteiger partial charge is 0.482 e. The molecule has 0 unspecified atom stereocenters. The van der Waals surface area contributed by atoms with Crippen LogP contribution in [0.15, 0.2) is 18.2 Å². The third kappa shape index (κ3) is 2.76. The Balaban J connectivity index is 2.18. The van der Waals surface area contributed by atoms with Crippen molar-refractivity contribution in [3.05, 3.63) is 23.8 Å². The lowest BCUT2D eigenvalue weighted by Gasteiger charge is -2.27. The topological polar surface area (TPSA) is 32.8 Å². The van der Waals surface area contributed by atoms with Gasteiger partial charge >= 0.3 is 0 Å². The maximum Gasteiger partial charge on any atom is 0.264 e. The van der Waals surface area contributed by atoms with Gasteiger partial charge in [-0.2, -0.15) is 0 Å². The van der Waals surface area contributed by atoms with Gasteiger partial charge in [-0.05, 0) is 24.7 Å². The Morgan fingerprint density at radius 2 is 2.28 bits per heavy atom. The summed E-state index contributed by atoms with van der Waals surface area (Å²) < 4.78 is 5.39. The Labute approximate surface area is 112 Å². The third-order valence-corrected chi connectivity index (χ3v) is 3.20. The van der Waals surface area contributed by atoms with Gasteiger partial charge in [0.1, 0.15) is 5.75 Å². The molecule has 1 aliphatic rings. The number of hydrogen-bond acceptors (Lipinski definition) is 3. The molecule has 0 aliphatic carbocycles. The number of rotatable bonds is 4. The number of ether oxygens (including phenoxy) is 1. The highest BCUT2D eigenvalue weighted by molar-refractivity contribution is 6.18. The fourth-order valence-corrected chi connectivity index (χ4v) is 2.24.